The van der Waals surface area contributed by atoms with E-state index in [1.807, 2.05) is 43.3 Å². The second-order valence-electron chi connectivity index (χ2n) is 6.84. The molecule has 3 amide bonds. The molecule has 1 aliphatic heterocycles. The third kappa shape index (κ3) is 3.11. The lowest BCUT2D eigenvalue weighted by Gasteiger charge is -2.28. The number of likely N-dealkylation sites (N-methyl/N-ethyl adjacent to an activating group) is 1. The van der Waals surface area contributed by atoms with Crippen molar-refractivity contribution < 1.29 is 19.1 Å². The molecular formula is C20H24N2O4. The Morgan fingerprint density at radius 1 is 1.19 bits per heavy atom. The maximum Gasteiger partial charge on any atom is 0.242 e. The summed E-state index contributed by atoms with van der Waals surface area (Å²) in [6, 6.07) is 7.26. The van der Waals surface area contributed by atoms with Crippen LogP contribution < -0.4 is 4.74 Å². The lowest BCUT2D eigenvalue weighted by molar-refractivity contribution is -0.146. The average Bonchev–Trinajstić information content (AvgIpc) is 2.92. The van der Waals surface area contributed by atoms with E-state index in [-0.39, 0.29) is 42.1 Å². The fourth-order valence-corrected chi connectivity index (χ4v) is 3.71. The second kappa shape index (κ2) is 7.32. The van der Waals surface area contributed by atoms with Crippen molar-refractivity contribution in [2.45, 2.75) is 25.8 Å². The van der Waals surface area contributed by atoms with E-state index in [1.165, 1.54) is 0 Å². The Labute approximate surface area is 153 Å². The van der Waals surface area contributed by atoms with Crippen molar-refractivity contribution in [2.75, 3.05) is 20.7 Å². The fraction of sp³-hybridized carbons (Fsp3) is 0.450. The number of fused-ring (bicyclic) bond motifs is 1. The van der Waals surface area contributed by atoms with Gasteiger partial charge in [-0.05, 0) is 25.8 Å². The van der Waals surface area contributed by atoms with Crippen molar-refractivity contribution in [2.24, 2.45) is 11.8 Å². The Morgan fingerprint density at radius 3 is 2.35 bits per heavy atom. The number of carbonyl (C=O) groups is 3. The zero-order valence-corrected chi connectivity index (χ0v) is 15.3. The highest BCUT2D eigenvalue weighted by atomic mass is 16.5. The topological polar surface area (TPSA) is 66.9 Å². The number of imide groups is 1. The first-order valence-corrected chi connectivity index (χ1v) is 8.84. The van der Waals surface area contributed by atoms with Crippen LogP contribution in [0, 0.1) is 11.8 Å². The summed E-state index contributed by atoms with van der Waals surface area (Å²) in [6.07, 6.45) is 5.03. The highest BCUT2D eigenvalue weighted by molar-refractivity contribution is 6.07. The molecule has 1 aliphatic carbocycles. The van der Waals surface area contributed by atoms with Crippen LogP contribution >= 0.6 is 0 Å². The van der Waals surface area contributed by atoms with E-state index in [4.69, 9.17) is 4.74 Å². The molecule has 6 heteroatoms. The summed E-state index contributed by atoms with van der Waals surface area (Å²) in [7, 11) is 3.27. The van der Waals surface area contributed by atoms with E-state index < -0.39 is 0 Å². The summed E-state index contributed by atoms with van der Waals surface area (Å²) in [4.78, 5) is 40.5. The molecule has 3 rings (SSSR count). The number of hydrogen-bond donors (Lipinski definition) is 0. The van der Waals surface area contributed by atoms with Crippen LogP contribution in [-0.4, -0.2) is 48.2 Å². The second-order valence-corrected chi connectivity index (χ2v) is 6.84. The maximum atomic E-state index is 12.7. The minimum atomic E-state index is -0.308. The van der Waals surface area contributed by atoms with Gasteiger partial charge in [-0.15, -0.1) is 0 Å². The zero-order valence-electron chi connectivity index (χ0n) is 15.3. The summed E-state index contributed by atoms with van der Waals surface area (Å²) in [5.74, 6) is -0.636. The van der Waals surface area contributed by atoms with Crippen LogP contribution in [0.2, 0.25) is 0 Å². The average molecular weight is 356 g/mol. The van der Waals surface area contributed by atoms with Crippen LogP contribution in [-0.2, 0) is 14.4 Å². The van der Waals surface area contributed by atoms with Crippen LogP contribution in [0.4, 0.5) is 0 Å². The Hall–Kier alpha value is -2.63. The van der Waals surface area contributed by atoms with Gasteiger partial charge in [-0.3, -0.25) is 19.3 Å². The largest absolute Gasteiger partial charge is 0.496 e. The van der Waals surface area contributed by atoms with E-state index in [9.17, 15) is 14.4 Å². The minimum absolute atomic E-state index is 0.208. The fourth-order valence-electron chi connectivity index (χ4n) is 3.71. The number of rotatable bonds is 5. The Bertz CT molecular complexity index is 732. The molecule has 0 radical (unpaired) electrons. The first-order chi connectivity index (χ1) is 12.5. The highest BCUT2D eigenvalue weighted by Gasteiger charge is 2.47. The number of ether oxygens (including phenoxy) is 1. The first-order valence-electron chi connectivity index (χ1n) is 8.84. The Balaban J connectivity index is 1.71. The van der Waals surface area contributed by atoms with E-state index in [2.05, 4.69) is 0 Å². The summed E-state index contributed by atoms with van der Waals surface area (Å²) in [5.41, 5.74) is 0.878. The lowest BCUT2D eigenvalue weighted by Crippen LogP contribution is -2.42. The van der Waals surface area contributed by atoms with Gasteiger partial charge >= 0.3 is 0 Å². The normalized spacial score (nSPS) is 23.0. The standard InChI is InChI=1S/C20H24N2O4/c1-13(14-8-6-7-11-17(14)26-3)21(2)18(23)12-22-19(24)15-9-4-5-10-16(15)20(22)25/h4-8,11,13,15-16H,9-10,12H2,1-3H3. The van der Waals surface area contributed by atoms with Crippen LogP contribution in [0.25, 0.3) is 0 Å². The van der Waals surface area contributed by atoms with Gasteiger partial charge in [0.05, 0.1) is 25.0 Å². The number of nitrogens with zero attached hydrogens (tertiary/aromatic N) is 2. The highest BCUT2D eigenvalue weighted by Crippen LogP contribution is 2.35. The first kappa shape index (κ1) is 18.2. The molecule has 6 nitrogen and oxygen atoms in total. The van der Waals surface area contributed by atoms with E-state index in [1.54, 1.807) is 19.1 Å². The SMILES string of the molecule is COc1ccccc1C(C)N(C)C(=O)CN1C(=O)C2CC=CCC2C1=O. The van der Waals surface area contributed by atoms with Crippen LogP contribution in [0.1, 0.15) is 31.4 Å². The third-order valence-electron chi connectivity index (χ3n) is 5.46. The molecule has 1 fully saturated rings. The van der Waals surface area contributed by atoms with Crippen molar-refractivity contribution in [3.63, 3.8) is 0 Å². The zero-order chi connectivity index (χ0) is 18.8. The number of methoxy groups -OCH3 is 1. The quantitative estimate of drug-likeness (QED) is 0.599. The van der Waals surface area contributed by atoms with Crippen molar-refractivity contribution in [3.8, 4) is 5.75 Å². The smallest absolute Gasteiger partial charge is 0.242 e. The van der Waals surface area contributed by atoms with Gasteiger partial charge in [-0.1, -0.05) is 30.4 Å². The van der Waals surface area contributed by atoms with Gasteiger partial charge in [-0.25, -0.2) is 0 Å². The van der Waals surface area contributed by atoms with E-state index >= 15 is 0 Å². The molecule has 0 spiro atoms. The number of para-hydroxylation sites is 1. The molecule has 3 unspecified atom stereocenters. The monoisotopic (exact) mass is 356 g/mol. The van der Waals surface area contributed by atoms with Crippen LogP contribution in [0.3, 0.4) is 0 Å². The number of likely N-dealkylation sites (tertiary alicyclic amines) is 1. The number of benzene rings is 1. The predicted molar refractivity (Wildman–Crippen MR) is 96.3 cm³/mol. The molecular weight excluding hydrogens is 332 g/mol. The van der Waals surface area contributed by atoms with Gasteiger partial charge < -0.3 is 9.64 Å². The number of allylic oxidation sites excluding steroid dienone is 2. The molecule has 138 valence electrons. The molecule has 1 aromatic rings. The molecule has 0 N–H and O–H groups in total. The summed E-state index contributed by atoms with van der Waals surface area (Å²) in [5, 5.41) is 0. The Kier molecular flexibility index (Phi) is 5.11. The number of hydrogen-bond acceptors (Lipinski definition) is 4. The van der Waals surface area contributed by atoms with Gasteiger partial charge in [0.25, 0.3) is 0 Å². The lowest BCUT2D eigenvalue weighted by atomic mass is 9.85. The molecule has 1 saturated heterocycles. The summed E-state index contributed by atoms with van der Waals surface area (Å²) in [6.45, 7) is 1.69. The van der Waals surface area contributed by atoms with E-state index in [0.717, 1.165) is 10.5 Å². The van der Waals surface area contributed by atoms with Gasteiger partial charge in [0.15, 0.2) is 0 Å². The summed E-state index contributed by atoms with van der Waals surface area (Å²) >= 11 is 0. The minimum Gasteiger partial charge on any atom is -0.496 e. The molecule has 1 heterocycles. The van der Waals surface area contributed by atoms with Gasteiger partial charge in [0.2, 0.25) is 17.7 Å². The van der Waals surface area contributed by atoms with E-state index in [0.29, 0.717) is 18.6 Å². The van der Waals surface area contributed by atoms with Crippen molar-refractivity contribution in [1.29, 1.82) is 0 Å². The maximum absolute atomic E-state index is 12.7. The number of amides is 3. The van der Waals surface area contributed by atoms with Gasteiger partial charge in [-0.2, -0.15) is 0 Å². The van der Waals surface area contributed by atoms with Gasteiger partial charge in [0.1, 0.15) is 12.3 Å². The molecule has 1 aromatic carbocycles. The van der Waals surface area contributed by atoms with Crippen LogP contribution in [0.5, 0.6) is 5.75 Å². The van der Waals surface area contributed by atoms with Gasteiger partial charge in [0, 0.05) is 12.6 Å². The molecule has 0 saturated carbocycles. The molecule has 2 aliphatic rings. The molecule has 3 atom stereocenters. The van der Waals surface area contributed by atoms with Crippen molar-refractivity contribution >= 4 is 17.7 Å². The Morgan fingerprint density at radius 2 is 1.77 bits per heavy atom. The molecule has 26 heavy (non-hydrogen) atoms. The van der Waals surface area contributed by atoms with Crippen molar-refractivity contribution in [1.82, 2.24) is 9.80 Å². The van der Waals surface area contributed by atoms with Crippen molar-refractivity contribution in [3.05, 3.63) is 42.0 Å². The molecule has 0 bridgehead atoms. The molecule has 0 aromatic heterocycles. The predicted octanol–water partition coefficient (Wildman–Crippen LogP) is 2.17. The van der Waals surface area contributed by atoms with Crippen LogP contribution in [0.15, 0.2) is 36.4 Å². The number of carbonyl (C=O) groups excluding carboxylic acids is 3. The summed E-state index contributed by atoms with van der Waals surface area (Å²) < 4.78 is 5.36. The third-order valence-corrected chi connectivity index (χ3v) is 5.46.